The first-order valence-corrected chi connectivity index (χ1v) is 29.2. The molecule has 0 rings (SSSR count). The third-order valence-corrected chi connectivity index (χ3v) is 13.6. The minimum absolute atomic E-state index is 0.0581. The van der Waals surface area contributed by atoms with Gasteiger partial charge in [-0.05, 0) is 51.4 Å². The maximum absolute atomic E-state index is 12.5. The van der Waals surface area contributed by atoms with E-state index in [2.05, 4.69) is 43.5 Å². The SMILES string of the molecule is CCCCCCC/C=C\C/C=C\CCCCCCCCCCCCCCCCCCCCCC(=O)NC(CO)C(O)/C=C/CCCCCCCCCCCCCCCCCCCCC. The van der Waals surface area contributed by atoms with Crippen LogP contribution in [0.1, 0.15) is 322 Å². The lowest BCUT2D eigenvalue weighted by Crippen LogP contribution is -2.45. The first kappa shape index (κ1) is 62.6. The number of hydrogen-bond donors (Lipinski definition) is 3. The molecule has 4 nitrogen and oxygen atoms in total. The molecule has 0 aliphatic heterocycles. The van der Waals surface area contributed by atoms with Crippen LogP contribution in [0.3, 0.4) is 0 Å². The van der Waals surface area contributed by atoms with E-state index in [4.69, 9.17) is 0 Å². The van der Waals surface area contributed by atoms with Crippen LogP contribution in [0.2, 0.25) is 0 Å². The van der Waals surface area contributed by atoms with Gasteiger partial charge in [-0.1, -0.05) is 301 Å². The molecule has 0 saturated carbocycles. The van der Waals surface area contributed by atoms with E-state index < -0.39 is 12.1 Å². The fraction of sp³-hybridized carbons (Fsp3) is 0.883. The van der Waals surface area contributed by atoms with Gasteiger partial charge in [-0.25, -0.2) is 0 Å². The molecule has 2 unspecified atom stereocenters. The molecule has 378 valence electrons. The Morgan fingerprint density at radius 1 is 0.375 bits per heavy atom. The Balaban J connectivity index is 3.45. The van der Waals surface area contributed by atoms with Crippen LogP contribution in [0.4, 0.5) is 0 Å². The Kier molecular flexibility index (Phi) is 54.7. The van der Waals surface area contributed by atoms with Gasteiger partial charge in [-0.2, -0.15) is 0 Å². The molecule has 1 amide bonds. The van der Waals surface area contributed by atoms with Crippen molar-refractivity contribution in [3.05, 3.63) is 36.5 Å². The summed E-state index contributed by atoms with van der Waals surface area (Å²) in [4.78, 5) is 12.5. The molecule has 0 radical (unpaired) electrons. The minimum atomic E-state index is -0.838. The van der Waals surface area contributed by atoms with Gasteiger partial charge < -0.3 is 15.5 Å². The van der Waals surface area contributed by atoms with Gasteiger partial charge in [0.05, 0.1) is 18.8 Å². The highest BCUT2D eigenvalue weighted by Crippen LogP contribution is 2.17. The smallest absolute Gasteiger partial charge is 0.220 e. The van der Waals surface area contributed by atoms with Crippen molar-refractivity contribution >= 4 is 5.91 Å². The number of nitrogens with one attached hydrogen (secondary N) is 1. The normalized spacial score (nSPS) is 13.0. The second-order valence-electron chi connectivity index (χ2n) is 20.1. The average Bonchev–Trinajstić information content (AvgIpc) is 3.30. The molecule has 0 aliphatic carbocycles. The Bertz CT molecular complexity index is 974. The Morgan fingerprint density at radius 2 is 0.641 bits per heavy atom. The molecule has 64 heavy (non-hydrogen) atoms. The molecule has 0 bridgehead atoms. The Morgan fingerprint density at radius 3 is 0.938 bits per heavy atom. The number of rotatable bonds is 54. The van der Waals surface area contributed by atoms with Gasteiger partial charge in [0.1, 0.15) is 0 Å². The molecule has 0 aromatic carbocycles. The zero-order valence-corrected chi connectivity index (χ0v) is 43.6. The second-order valence-corrected chi connectivity index (χ2v) is 20.1. The van der Waals surface area contributed by atoms with E-state index in [0.717, 1.165) is 32.1 Å². The van der Waals surface area contributed by atoms with Gasteiger partial charge in [0.2, 0.25) is 5.91 Å². The number of amides is 1. The van der Waals surface area contributed by atoms with Crippen molar-refractivity contribution in [3.8, 4) is 0 Å². The summed E-state index contributed by atoms with van der Waals surface area (Å²) in [5, 5.41) is 23.2. The number of allylic oxidation sites excluding steroid dienone is 5. The summed E-state index contributed by atoms with van der Waals surface area (Å²) in [5.74, 6) is -0.0581. The van der Waals surface area contributed by atoms with Gasteiger partial charge in [0.15, 0.2) is 0 Å². The molecule has 4 heteroatoms. The van der Waals surface area contributed by atoms with Crippen molar-refractivity contribution in [3.63, 3.8) is 0 Å². The second kappa shape index (κ2) is 55.9. The van der Waals surface area contributed by atoms with Crippen molar-refractivity contribution in [2.45, 2.75) is 334 Å². The average molecular weight is 899 g/mol. The molecular formula is C60H115NO3. The van der Waals surface area contributed by atoms with Crippen molar-refractivity contribution < 1.29 is 15.0 Å². The van der Waals surface area contributed by atoms with E-state index in [1.807, 2.05) is 6.08 Å². The van der Waals surface area contributed by atoms with E-state index in [0.29, 0.717) is 6.42 Å². The summed E-state index contributed by atoms with van der Waals surface area (Å²) in [6, 6.07) is -0.621. The molecule has 0 saturated heterocycles. The highest BCUT2D eigenvalue weighted by atomic mass is 16.3. The molecule has 3 N–H and O–H groups in total. The molecule has 0 heterocycles. The summed E-state index contributed by atoms with van der Waals surface area (Å²) in [6.07, 6.45) is 76.0. The lowest BCUT2D eigenvalue weighted by Gasteiger charge is -2.20. The number of hydrogen-bond acceptors (Lipinski definition) is 3. The van der Waals surface area contributed by atoms with Gasteiger partial charge in [0, 0.05) is 6.42 Å². The molecule has 0 aliphatic rings. The maximum Gasteiger partial charge on any atom is 0.220 e. The highest BCUT2D eigenvalue weighted by molar-refractivity contribution is 5.76. The number of aliphatic hydroxyl groups excluding tert-OH is 2. The summed E-state index contributed by atoms with van der Waals surface area (Å²) in [6.45, 7) is 4.33. The van der Waals surface area contributed by atoms with Crippen LogP contribution < -0.4 is 5.32 Å². The van der Waals surface area contributed by atoms with Crippen molar-refractivity contribution in [2.75, 3.05) is 6.61 Å². The standard InChI is InChI=1S/C60H115NO3/c1-3-5-7-9-11-13-15-17-19-21-23-25-26-27-28-29-30-31-32-33-34-36-38-40-42-44-46-48-50-52-54-56-60(64)61-58(57-62)59(63)55-53-51-49-47-45-43-41-39-37-35-24-22-20-18-16-14-12-10-8-6-4-2/h15,17,21,23,53,55,58-59,62-63H,3-14,16,18-20,22,24-52,54,56-57H2,1-2H3,(H,61,64)/b17-15-,23-21-,55-53+. The molecule has 0 aromatic rings. The van der Waals surface area contributed by atoms with Gasteiger partial charge in [-0.15, -0.1) is 0 Å². The van der Waals surface area contributed by atoms with E-state index in [1.54, 1.807) is 6.08 Å². The van der Waals surface area contributed by atoms with Crippen LogP contribution in [0.5, 0.6) is 0 Å². The topological polar surface area (TPSA) is 69.6 Å². The predicted molar refractivity (Wildman–Crippen MR) is 285 cm³/mol. The van der Waals surface area contributed by atoms with Gasteiger partial charge in [-0.3, -0.25) is 4.79 Å². The monoisotopic (exact) mass is 898 g/mol. The summed E-state index contributed by atoms with van der Waals surface area (Å²) >= 11 is 0. The van der Waals surface area contributed by atoms with Crippen LogP contribution in [-0.2, 0) is 4.79 Å². The summed E-state index contributed by atoms with van der Waals surface area (Å²) in [5.41, 5.74) is 0. The zero-order valence-electron chi connectivity index (χ0n) is 43.6. The molecule has 2 atom stereocenters. The summed E-state index contributed by atoms with van der Waals surface area (Å²) < 4.78 is 0. The lowest BCUT2D eigenvalue weighted by molar-refractivity contribution is -0.123. The fourth-order valence-corrected chi connectivity index (χ4v) is 9.15. The number of carbonyl (C=O) groups excluding carboxylic acids is 1. The minimum Gasteiger partial charge on any atom is -0.394 e. The molecule has 0 spiro atoms. The summed E-state index contributed by atoms with van der Waals surface area (Å²) in [7, 11) is 0. The molecular weight excluding hydrogens is 783 g/mol. The van der Waals surface area contributed by atoms with E-state index in [1.165, 1.54) is 270 Å². The number of unbranched alkanes of at least 4 members (excludes halogenated alkanes) is 43. The van der Waals surface area contributed by atoms with Crippen LogP contribution in [0, 0.1) is 0 Å². The zero-order chi connectivity index (χ0) is 46.3. The fourth-order valence-electron chi connectivity index (χ4n) is 9.15. The Hall–Kier alpha value is -1.39. The van der Waals surface area contributed by atoms with E-state index in [-0.39, 0.29) is 12.5 Å². The predicted octanol–water partition coefficient (Wildman–Crippen LogP) is 19.3. The molecule has 0 aromatic heterocycles. The first-order valence-electron chi connectivity index (χ1n) is 29.2. The maximum atomic E-state index is 12.5. The van der Waals surface area contributed by atoms with Crippen molar-refractivity contribution in [1.29, 1.82) is 0 Å². The number of aliphatic hydroxyl groups is 2. The van der Waals surface area contributed by atoms with Gasteiger partial charge in [0.25, 0.3) is 0 Å². The third kappa shape index (κ3) is 51.6. The largest absolute Gasteiger partial charge is 0.394 e. The van der Waals surface area contributed by atoms with E-state index >= 15 is 0 Å². The van der Waals surface area contributed by atoms with E-state index in [9.17, 15) is 15.0 Å². The van der Waals surface area contributed by atoms with Crippen LogP contribution in [0.25, 0.3) is 0 Å². The Labute approximate surface area is 402 Å². The van der Waals surface area contributed by atoms with Crippen molar-refractivity contribution in [1.82, 2.24) is 5.32 Å². The lowest BCUT2D eigenvalue weighted by atomic mass is 10.0. The highest BCUT2D eigenvalue weighted by Gasteiger charge is 2.18. The van der Waals surface area contributed by atoms with Crippen LogP contribution in [0.15, 0.2) is 36.5 Å². The quantitative estimate of drug-likeness (QED) is 0.0421. The van der Waals surface area contributed by atoms with Crippen LogP contribution in [-0.4, -0.2) is 34.9 Å². The van der Waals surface area contributed by atoms with Crippen molar-refractivity contribution in [2.24, 2.45) is 0 Å². The first-order chi connectivity index (χ1) is 31.7. The number of carbonyl (C=O) groups is 1. The van der Waals surface area contributed by atoms with Crippen LogP contribution >= 0.6 is 0 Å². The van der Waals surface area contributed by atoms with Gasteiger partial charge >= 0.3 is 0 Å². The third-order valence-electron chi connectivity index (χ3n) is 13.6. The molecule has 0 fully saturated rings.